The Bertz CT molecular complexity index is 371. The summed E-state index contributed by atoms with van der Waals surface area (Å²) < 4.78 is 0. The highest BCUT2D eigenvalue weighted by atomic mass is 14.3. The molecule has 0 amide bonds. The zero-order chi connectivity index (χ0) is 14.9. The van der Waals surface area contributed by atoms with Gasteiger partial charge in [0, 0.05) is 6.08 Å². The van der Waals surface area contributed by atoms with Crippen molar-refractivity contribution in [3.05, 3.63) is 24.3 Å². The van der Waals surface area contributed by atoms with Crippen molar-refractivity contribution in [3.8, 4) is 6.07 Å². The lowest BCUT2D eigenvalue weighted by Gasteiger charge is -2.28. The van der Waals surface area contributed by atoms with Crippen LogP contribution in [0.1, 0.15) is 71.1 Å². The normalized spacial score (nSPS) is 34.3. The topological polar surface area (TPSA) is 23.8 Å². The highest BCUT2D eigenvalue weighted by Crippen LogP contribution is 2.34. The fourth-order valence-electron chi connectivity index (χ4n) is 4.10. The van der Waals surface area contributed by atoms with E-state index >= 15 is 0 Å². The summed E-state index contributed by atoms with van der Waals surface area (Å²) in [5.41, 5.74) is 0. The van der Waals surface area contributed by atoms with Crippen molar-refractivity contribution in [2.45, 2.75) is 71.1 Å². The Morgan fingerprint density at radius 2 is 1.29 bits per heavy atom. The van der Waals surface area contributed by atoms with Gasteiger partial charge in [-0.3, -0.25) is 0 Å². The van der Waals surface area contributed by atoms with E-state index in [4.69, 9.17) is 5.26 Å². The maximum Gasteiger partial charge on any atom is 0.0908 e. The molecule has 21 heavy (non-hydrogen) atoms. The van der Waals surface area contributed by atoms with Gasteiger partial charge in [-0.25, -0.2) is 0 Å². The Hall–Kier alpha value is -1.03. The number of nitriles is 1. The van der Waals surface area contributed by atoms with Gasteiger partial charge in [0.2, 0.25) is 0 Å². The lowest BCUT2D eigenvalue weighted by Crippen LogP contribution is -2.14. The second-order valence-corrected chi connectivity index (χ2v) is 7.12. The number of nitrogens with zero attached hydrogens (tertiary/aromatic N) is 1. The molecule has 0 radical (unpaired) electrons. The third-order valence-corrected chi connectivity index (χ3v) is 5.50. The van der Waals surface area contributed by atoms with Crippen molar-refractivity contribution in [1.29, 1.82) is 5.26 Å². The minimum absolute atomic E-state index is 0.652. The third kappa shape index (κ3) is 5.70. The van der Waals surface area contributed by atoms with E-state index in [0.717, 1.165) is 17.8 Å². The SMILES string of the molecule is CCC[C@H]1CC[C@H](C=C[C@H]2CC[C@H](C=CC#N)CC2)CC1. The van der Waals surface area contributed by atoms with Gasteiger partial charge >= 0.3 is 0 Å². The van der Waals surface area contributed by atoms with Crippen molar-refractivity contribution in [3.63, 3.8) is 0 Å². The lowest BCUT2D eigenvalue weighted by atomic mass is 9.78. The Kier molecular flexibility index (Phi) is 7.07. The van der Waals surface area contributed by atoms with Gasteiger partial charge in [-0.2, -0.15) is 5.26 Å². The molecule has 0 unspecified atom stereocenters. The molecule has 0 spiro atoms. The van der Waals surface area contributed by atoms with E-state index in [-0.39, 0.29) is 0 Å². The van der Waals surface area contributed by atoms with Gasteiger partial charge in [-0.05, 0) is 75.0 Å². The van der Waals surface area contributed by atoms with Crippen LogP contribution in [0.4, 0.5) is 0 Å². The van der Waals surface area contributed by atoms with Crippen LogP contribution in [0, 0.1) is 35.0 Å². The second kappa shape index (κ2) is 9.08. The van der Waals surface area contributed by atoms with Crippen LogP contribution in [0.3, 0.4) is 0 Å². The summed E-state index contributed by atoms with van der Waals surface area (Å²) in [6.45, 7) is 2.31. The molecule has 0 aromatic carbocycles. The first-order valence-electron chi connectivity index (χ1n) is 9.06. The van der Waals surface area contributed by atoms with Gasteiger partial charge in [0.25, 0.3) is 0 Å². The molecule has 0 aromatic heterocycles. The van der Waals surface area contributed by atoms with Gasteiger partial charge in [-0.1, -0.05) is 38.0 Å². The summed E-state index contributed by atoms with van der Waals surface area (Å²) >= 11 is 0. The molecule has 2 aliphatic rings. The predicted molar refractivity (Wildman–Crippen MR) is 89.7 cm³/mol. The van der Waals surface area contributed by atoms with Crippen molar-refractivity contribution < 1.29 is 0 Å². The van der Waals surface area contributed by atoms with E-state index in [1.807, 2.05) is 0 Å². The molecule has 2 fully saturated rings. The van der Waals surface area contributed by atoms with Gasteiger partial charge in [0.05, 0.1) is 6.07 Å². The van der Waals surface area contributed by atoms with E-state index in [1.54, 1.807) is 6.08 Å². The molecule has 2 rings (SSSR count). The number of allylic oxidation sites excluding steroid dienone is 4. The fraction of sp³-hybridized carbons (Fsp3) is 0.750. The average molecular weight is 285 g/mol. The molecule has 1 heteroatoms. The Morgan fingerprint density at radius 3 is 1.76 bits per heavy atom. The van der Waals surface area contributed by atoms with E-state index in [2.05, 4.69) is 31.2 Å². The van der Waals surface area contributed by atoms with Crippen LogP contribution in [0.15, 0.2) is 24.3 Å². The first-order chi connectivity index (χ1) is 10.3. The maximum atomic E-state index is 8.58. The molecule has 0 aromatic rings. The summed E-state index contributed by atoms with van der Waals surface area (Å²) in [5.74, 6) is 3.32. The summed E-state index contributed by atoms with van der Waals surface area (Å²) in [4.78, 5) is 0. The maximum absolute atomic E-state index is 8.58. The molecular weight excluding hydrogens is 254 g/mol. The summed E-state index contributed by atoms with van der Waals surface area (Å²) in [6, 6.07) is 2.11. The number of rotatable bonds is 5. The standard InChI is InChI=1S/C20H31N/c1-2-4-17-6-10-19(11-7-17)14-15-20-12-8-18(9-13-20)5-3-16-21/h3,5,14-15,17-20H,2,4,6-13H2,1H3/t17-,18-,19-,20-. The van der Waals surface area contributed by atoms with Crippen LogP contribution in [0.25, 0.3) is 0 Å². The van der Waals surface area contributed by atoms with E-state index in [0.29, 0.717) is 5.92 Å². The molecule has 116 valence electrons. The van der Waals surface area contributed by atoms with Gasteiger partial charge in [0.15, 0.2) is 0 Å². The van der Waals surface area contributed by atoms with Crippen LogP contribution in [0.5, 0.6) is 0 Å². The van der Waals surface area contributed by atoms with Crippen molar-refractivity contribution in [2.24, 2.45) is 23.7 Å². The monoisotopic (exact) mass is 285 g/mol. The molecule has 0 atom stereocenters. The van der Waals surface area contributed by atoms with Crippen molar-refractivity contribution in [2.75, 3.05) is 0 Å². The van der Waals surface area contributed by atoms with E-state index in [9.17, 15) is 0 Å². The third-order valence-electron chi connectivity index (χ3n) is 5.50. The Balaban J connectivity index is 1.67. The molecule has 0 aliphatic heterocycles. The van der Waals surface area contributed by atoms with Crippen molar-refractivity contribution in [1.82, 2.24) is 0 Å². The fourth-order valence-corrected chi connectivity index (χ4v) is 4.10. The number of hydrogen-bond acceptors (Lipinski definition) is 1. The van der Waals surface area contributed by atoms with Gasteiger partial charge in [0.1, 0.15) is 0 Å². The van der Waals surface area contributed by atoms with E-state index in [1.165, 1.54) is 64.2 Å². The van der Waals surface area contributed by atoms with E-state index < -0.39 is 0 Å². The van der Waals surface area contributed by atoms with Crippen LogP contribution >= 0.6 is 0 Å². The molecule has 0 saturated heterocycles. The smallest absolute Gasteiger partial charge is 0.0908 e. The number of hydrogen-bond donors (Lipinski definition) is 0. The molecule has 2 saturated carbocycles. The van der Waals surface area contributed by atoms with Crippen LogP contribution in [-0.4, -0.2) is 0 Å². The van der Waals surface area contributed by atoms with Crippen LogP contribution in [0.2, 0.25) is 0 Å². The Labute approximate surface area is 131 Å². The minimum Gasteiger partial charge on any atom is -0.193 e. The van der Waals surface area contributed by atoms with Crippen LogP contribution in [-0.2, 0) is 0 Å². The first kappa shape index (κ1) is 16.3. The lowest BCUT2D eigenvalue weighted by molar-refractivity contribution is 0.292. The summed E-state index contributed by atoms with van der Waals surface area (Å²) in [5, 5.41) is 8.58. The molecular formula is C20H31N. The van der Waals surface area contributed by atoms with Gasteiger partial charge < -0.3 is 0 Å². The average Bonchev–Trinajstić information content (AvgIpc) is 2.53. The zero-order valence-electron chi connectivity index (χ0n) is 13.6. The molecule has 0 N–H and O–H groups in total. The summed E-state index contributed by atoms with van der Waals surface area (Å²) in [7, 11) is 0. The molecule has 0 bridgehead atoms. The quantitative estimate of drug-likeness (QED) is 0.446. The Morgan fingerprint density at radius 1 is 0.810 bits per heavy atom. The highest BCUT2D eigenvalue weighted by molar-refractivity contribution is 5.05. The first-order valence-corrected chi connectivity index (χ1v) is 9.06. The summed E-state index contributed by atoms with van der Waals surface area (Å²) in [6.07, 6.45) is 22.5. The molecule has 1 nitrogen and oxygen atoms in total. The zero-order valence-corrected chi connectivity index (χ0v) is 13.6. The molecule has 0 heterocycles. The van der Waals surface area contributed by atoms with Crippen LogP contribution < -0.4 is 0 Å². The highest BCUT2D eigenvalue weighted by Gasteiger charge is 2.20. The molecule has 2 aliphatic carbocycles. The minimum atomic E-state index is 0.652. The van der Waals surface area contributed by atoms with Gasteiger partial charge in [-0.15, -0.1) is 0 Å². The second-order valence-electron chi connectivity index (χ2n) is 7.12. The largest absolute Gasteiger partial charge is 0.193 e. The van der Waals surface area contributed by atoms with Crippen molar-refractivity contribution >= 4 is 0 Å². The predicted octanol–water partition coefficient (Wildman–Crippen LogP) is 6.04.